The highest BCUT2D eigenvalue weighted by molar-refractivity contribution is 7.99. The van der Waals surface area contributed by atoms with E-state index >= 15 is 0 Å². The average molecular weight is 266 g/mol. The number of anilines is 1. The van der Waals surface area contributed by atoms with Gasteiger partial charge in [0, 0.05) is 4.90 Å². The van der Waals surface area contributed by atoms with Crippen LogP contribution < -0.4 is 11.1 Å². The second kappa shape index (κ2) is 7.44. The molecule has 0 aliphatic rings. The Kier molecular flexibility index (Phi) is 6.22. The van der Waals surface area contributed by atoms with Crippen LogP contribution in [0.15, 0.2) is 29.2 Å². The number of carbonyl (C=O) groups is 1. The molecule has 100 valence electrons. The molecule has 1 rings (SSSR count). The fourth-order valence-electron chi connectivity index (χ4n) is 1.58. The van der Waals surface area contributed by atoms with Crippen LogP contribution in [0, 0.1) is 5.92 Å². The molecule has 0 bridgehead atoms. The van der Waals surface area contributed by atoms with Crippen molar-refractivity contribution in [2.45, 2.75) is 38.1 Å². The van der Waals surface area contributed by atoms with E-state index in [0.717, 1.165) is 22.8 Å². The highest BCUT2D eigenvalue weighted by Crippen LogP contribution is 2.26. The highest BCUT2D eigenvalue weighted by atomic mass is 32.2. The van der Waals surface area contributed by atoms with Gasteiger partial charge in [0.25, 0.3) is 0 Å². The standard InChI is InChI=1S/C14H22N2OS/c1-4-10(3)13(15)14(17)16-11-8-6-7-9-12(11)18-5-2/h6-10,13H,4-5,15H2,1-3H3,(H,16,17). The van der Waals surface area contributed by atoms with E-state index in [9.17, 15) is 4.79 Å². The van der Waals surface area contributed by atoms with Crippen LogP contribution in [0.2, 0.25) is 0 Å². The maximum atomic E-state index is 12.0. The maximum Gasteiger partial charge on any atom is 0.241 e. The van der Waals surface area contributed by atoms with Gasteiger partial charge in [-0.1, -0.05) is 39.3 Å². The van der Waals surface area contributed by atoms with Crippen molar-refractivity contribution in [3.8, 4) is 0 Å². The van der Waals surface area contributed by atoms with Crippen LogP contribution in [0.25, 0.3) is 0 Å². The summed E-state index contributed by atoms with van der Waals surface area (Å²) in [5, 5.41) is 2.93. The van der Waals surface area contributed by atoms with Gasteiger partial charge in [0.05, 0.1) is 11.7 Å². The highest BCUT2D eigenvalue weighted by Gasteiger charge is 2.20. The predicted molar refractivity (Wildman–Crippen MR) is 78.9 cm³/mol. The van der Waals surface area contributed by atoms with Gasteiger partial charge >= 0.3 is 0 Å². The molecule has 0 aliphatic heterocycles. The third-order valence-electron chi connectivity index (χ3n) is 3.00. The van der Waals surface area contributed by atoms with Crippen molar-refractivity contribution in [1.29, 1.82) is 0 Å². The number of carbonyl (C=O) groups excluding carboxylic acids is 1. The van der Waals surface area contributed by atoms with Gasteiger partial charge in [-0.05, 0) is 23.8 Å². The van der Waals surface area contributed by atoms with Crippen molar-refractivity contribution in [3.05, 3.63) is 24.3 Å². The quantitative estimate of drug-likeness (QED) is 0.778. The van der Waals surface area contributed by atoms with Gasteiger partial charge in [0.15, 0.2) is 0 Å². The molecule has 2 atom stereocenters. The molecular formula is C14H22N2OS. The van der Waals surface area contributed by atoms with E-state index in [2.05, 4.69) is 12.2 Å². The molecule has 0 aliphatic carbocycles. The topological polar surface area (TPSA) is 55.1 Å². The monoisotopic (exact) mass is 266 g/mol. The molecule has 0 spiro atoms. The number of amides is 1. The summed E-state index contributed by atoms with van der Waals surface area (Å²) in [4.78, 5) is 13.1. The van der Waals surface area contributed by atoms with Crippen molar-refractivity contribution in [3.63, 3.8) is 0 Å². The van der Waals surface area contributed by atoms with Crippen LogP contribution in [-0.2, 0) is 4.79 Å². The molecule has 1 amide bonds. The lowest BCUT2D eigenvalue weighted by atomic mass is 9.99. The Morgan fingerprint density at radius 3 is 2.67 bits per heavy atom. The maximum absolute atomic E-state index is 12.0. The minimum absolute atomic E-state index is 0.103. The Labute approximate surface area is 114 Å². The van der Waals surface area contributed by atoms with Gasteiger partial charge in [0.2, 0.25) is 5.91 Å². The minimum atomic E-state index is -0.449. The largest absolute Gasteiger partial charge is 0.324 e. The Balaban J connectivity index is 2.75. The number of nitrogens with two attached hydrogens (primary N) is 1. The van der Waals surface area contributed by atoms with Crippen molar-refractivity contribution in [2.24, 2.45) is 11.7 Å². The number of thioether (sulfide) groups is 1. The van der Waals surface area contributed by atoms with E-state index in [1.165, 1.54) is 0 Å². The van der Waals surface area contributed by atoms with E-state index in [4.69, 9.17) is 5.73 Å². The number of nitrogens with one attached hydrogen (secondary N) is 1. The Morgan fingerprint density at radius 1 is 1.39 bits per heavy atom. The van der Waals surface area contributed by atoms with Crippen LogP contribution >= 0.6 is 11.8 Å². The lowest BCUT2D eigenvalue weighted by Crippen LogP contribution is -2.40. The van der Waals surface area contributed by atoms with Crippen molar-refractivity contribution >= 4 is 23.4 Å². The third kappa shape index (κ3) is 4.03. The molecule has 3 N–H and O–H groups in total. The smallest absolute Gasteiger partial charge is 0.241 e. The first-order chi connectivity index (χ1) is 8.60. The Hall–Kier alpha value is -1.00. The van der Waals surface area contributed by atoms with Crippen LogP contribution in [-0.4, -0.2) is 17.7 Å². The van der Waals surface area contributed by atoms with Crippen LogP contribution in [0.4, 0.5) is 5.69 Å². The van der Waals surface area contributed by atoms with E-state index in [0.29, 0.717) is 0 Å². The molecule has 0 fully saturated rings. The SMILES string of the molecule is CCSc1ccccc1NC(=O)C(N)C(C)CC. The molecule has 4 heteroatoms. The number of hydrogen-bond donors (Lipinski definition) is 2. The molecule has 0 saturated heterocycles. The van der Waals surface area contributed by atoms with Gasteiger partial charge in [-0.3, -0.25) is 4.79 Å². The van der Waals surface area contributed by atoms with E-state index in [1.54, 1.807) is 11.8 Å². The molecule has 18 heavy (non-hydrogen) atoms. The zero-order valence-corrected chi connectivity index (χ0v) is 12.1. The first-order valence-electron chi connectivity index (χ1n) is 6.38. The fraction of sp³-hybridized carbons (Fsp3) is 0.500. The van der Waals surface area contributed by atoms with E-state index in [1.807, 2.05) is 38.1 Å². The van der Waals surface area contributed by atoms with Crippen LogP contribution in [0.1, 0.15) is 27.2 Å². The number of para-hydroxylation sites is 1. The zero-order chi connectivity index (χ0) is 13.5. The van der Waals surface area contributed by atoms with Gasteiger partial charge in [-0.25, -0.2) is 0 Å². The molecule has 0 radical (unpaired) electrons. The summed E-state index contributed by atoms with van der Waals surface area (Å²) in [7, 11) is 0. The summed E-state index contributed by atoms with van der Waals surface area (Å²) in [5.74, 6) is 1.06. The van der Waals surface area contributed by atoms with Crippen LogP contribution in [0.3, 0.4) is 0 Å². The van der Waals surface area contributed by atoms with Gasteiger partial charge < -0.3 is 11.1 Å². The van der Waals surface area contributed by atoms with E-state index < -0.39 is 6.04 Å². The second-order valence-corrected chi connectivity index (χ2v) is 5.64. The van der Waals surface area contributed by atoms with Gasteiger partial charge in [-0.2, -0.15) is 0 Å². The third-order valence-corrected chi connectivity index (χ3v) is 3.96. The Bertz CT molecular complexity index is 395. The molecule has 3 nitrogen and oxygen atoms in total. The molecule has 0 saturated carbocycles. The van der Waals surface area contributed by atoms with Gasteiger partial charge in [0.1, 0.15) is 0 Å². The normalized spacial score (nSPS) is 14.0. The number of rotatable bonds is 6. The summed E-state index contributed by atoms with van der Waals surface area (Å²) in [6.07, 6.45) is 0.903. The molecule has 2 unspecified atom stereocenters. The number of hydrogen-bond acceptors (Lipinski definition) is 3. The zero-order valence-electron chi connectivity index (χ0n) is 11.3. The average Bonchev–Trinajstić information content (AvgIpc) is 2.39. The lowest BCUT2D eigenvalue weighted by molar-refractivity contribution is -0.118. The lowest BCUT2D eigenvalue weighted by Gasteiger charge is -2.18. The van der Waals surface area contributed by atoms with Crippen molar-refractivity contribution in [2.75, 3.05) is 11.1 Å². The molecule has 1 aromatic rings. The summed E-state index contributed by atoms with van der Waals surface area (Å²) >= 11 is 1.71. The van der Waals surface area contributed by atoms with Crippen molar-refractivity contribution < 1.29 is 4.79 Å². The fourth-order valence-corrected chi connectivity index (χ4v) is 2.34. The Morgan fingerprint density at radius 2 is 2.06 bits per heavy atom. The van der Waals surface area contributed by atoms with Crippen LogP contribution in [0.5, 0.6) is 0 Å². The first kappa shape index (κ1) is 15.1. The van der Waals surface area contributed by atoms with Crippen molar-refractivity contribution in [1.82, 2.24) is 0 Å². The molecule has 0 heterocycles. The molecule has 0 aromatic heterocycles. The summed E-state index contributed by atoms with van der Waals surface area (Å²) in [6.45, 7) is 6.13. The minimum Gasteiger partial charge on any atom is -0.324 e. The molecular weight excluding hydrogens is 244 g/mol. The summed E-state index contributed by atoms with van der Waals surface area (Å²) in [6, 6.07) is 7.37. The summed E-state index contributed by atoms with van der Waals surface area (Å²) < 4.78 is 0. The predicted octanol–water partition coefficient (Wildman–Crippen LogP) is 3.11. The van der Waals surface area contributed by atoms with E-state index in [-0.39, 0.29) is 11.8 Å². The first-order valence-corrected chi connectivity index (χ1v) is 7.37. The second-order valence-electron chi connectivity index (χ2n) is 4.33. The number of benzene rings is 1. The molecule has 1 aromatic carbocycles. The summed E-state index contributed by atoms with van der Waals surface area (Å²) in [5.41, 5.74) is 6.78. The van der Waals surface area contributed by atoms with Gasteiger partial charge in [-0.15, -0.1) is 11.8 Å².